The quantitative estimate of drug-likeness (QED) is 0.560. The molecule has 0 aliphatic heterocycles. The maximum absolute atomic E-state index is 13.1. The molecule has 0 saturated carbocycles. The van der Waals surface area contributed by atoms with Gasteiger partial charge in [-0.1, -0.05) is 26.0 Å². The van der Waals surface area contributed by atoms with E-state index in [1.165, 1.54) is 17.8 Å². The van der Waals surface area contributed by atoms with E-state index >= 15 is 0 Å². The number of urea groups is 1. The fourth-order valence-electron chi connectivity index (χ4n) is 3.43. The lowest BCUT2D eigenvalue weighted by molar-refractivity contribution is 0.101. The standard InChI is InChI=1S/C23H26N4O4/c1-14(2)20-19(26-23(30)25-17-7-5-6-16(12-17)15(3)28)9-8-18-21(20)22(29)27(13-24-18)10-11-31-4/h5-9,12-14H,10-11H2,1-4H3,(H2,25,26,30). The fraction of sp³-hybridized carbons (Fsp3) is 0.304. The second-order valence-electron chi connectivity index (χ2n) is 7.53. The van der Waals surface area contributed by atoms with Crippen molar-refractivity contribution >= 4 is 34.1 Å². The molecule has 1 heterocycles. The van der Waals surface area contributed by atoms with Gasteiger partial charge in [0.25, 0.3) is 5.56 Å². The molecule has 0 radical (unpaired) electrons. The number of carbonyl (C=O) groups excluding carboxylic acids is 2. The molecule has 0 fully saturated rings. The number of benzene rings is 2. The summed E-state index contributed by atoms with van der Waals surface area (Å²) in [6.45, 7) is 6.17. The number of amides is 2. The Morgan fingerprint density at radius 1 is 1.16 bits per heavy atom. The van der Waals surface area contributed by atoms with Crippen molar-refractivity contribution in [2.75, 3.05) is 24.4 Å². The summed E-state index contributed by atoms with van der Waals surface area (Å²) >= 11 is 0. The zero-order chi connectivity index (χ0) is 22.5. The summed E-state index contributed by atoms with van der Waals surface area (Å²) in [4.78, 5) is 41.7. The van der Waals surface area contributed by atoms with Crippen molar-refractivity contribution in [2.45, 2.75) is 33.2 Å². The molecule has 3 rings (SSSR count). The highest BCUT2D eigenvalue weighted by atomic mass is 16.5. The molecule has 1 aromatic heterocycles. The minimum Gasteiger partial charge on any atom is -0.383 e. The van der Waals surface area contributed by atoms with Gasteiger partial charge < -0.3 is 15.4 Å². The van der Waals surface area contributed by atoms with Crippen LogP contribution in [-0.2, 0) is 11.3 Å². The fourth-order valence-corrected chi connectivity index (χ4v) is 3.43. The molecule has 3 aromatic rings. The van der Waals surface area contributed by atoms with E-state index in [0.717, 1.165) is 5.56 Å². The maximum Gasteiger partial charge on any atom is 0.323 e. The van der Waals surface area contributed by atoms with E-state index in [9.17, 15) is 14.4 Å². The number of ketones is 1. The summed E-state index contributed by atoms with van der Waals surface area (Å²) in [5, 5.41) is 6.05. The van der Waals surface area contributed by atoms with E-state index in [2.05, 4.69) is 15.6 Å². The minimum atomic E-state index is -0.467. The Morgan fingerprint density at radius 2 is 1.94 bits per heavy atom. The number of methoxy groups -OCH3 is 1. The summed E-state index contributed by atoms with van der Waals surface area (Å²) in [6, 6.07) is 9.71. The number of aromatic nitrogens is 2. The highest BCUT2D eigenvalue weighted by molar-refractivity contribution is 6.03. The molecule has 0 spiro atoms. The molecule has 0 unspecified atom stereocenters. The number of carbonyl (C=O) groups is 2. The van der Waals surface area contributed by atoms with Gasteiger partial charge in [0.05, 0.1) is 30.4 Å². The Kier molecular flexibility index (Phi) is 6.81. The van der Waals surface area contributed by atoms with E-state index < -0.39 is 6.03 Å². The monoisotopic (exact) mass is 422 g/mol. The van der Waals surface area contributed by atoms with Gasteiger partial charge in [-0.2, -0.15) is 0 Å². The lowest BCUT2D eigenvalue weighted by atomic mass is 9.96. The van der Waals surface area contributed by atoms with Gasteiger partial charge in [-0.3, -0.25) is 14.2 Å². The number of anilines is 2. The highest BCUT2D eigenvalue weighted by Crippen LogP contribution is 2.30. The third-order valence-electron chi connectivity index (χ3n) is 4.92. The van der Waals surface area contributed by atoms with Gasteiger partial charge in [-0.05, 0) is 42.7 Å². The smallest absolute Gasteiger partial charge is 0.323 e. The molecule has 0 bridgehead atoms. The zero-order valence-electron chi connectivity index (χ0n) is 18.1. The van der Waals surface area contributed by atoms with Crippen LogP contribution >= 0.6 is 0 Å². The van der Waals surface area contributed by atoms with E-state index in [-0.39, 0.29) is 17.3 Å². The number of nitrogens with one attached hydrogen (secondary N) is 2. The molecule has 162 valence electrons. The summed E-state index contributed by atoms with van der Waals surface area (Å²) in [6.07, 6.45) is 1.51. The Labute approximate surface area is 180 Å². The Morgan fingerprint density at radius 3 is 2.61 bits per heavy atom. The largest absolute Gasteiger partial charge is 0.383 e. The first-order valence-electron chi connectivity index (χ1n) is 10.0. The normalized spacial score (nSPS) is 11.0. The topological polar surface area (TPSA) is 102 Å². The van der Waals surface area contributed by atoms with Crippen LogP contribution in [0.15, 0.2) is 47.5 Å². The average molecular weight is 422 g/mol. The lowest BCUT2D eigenvalue weighted by Gasteiger charge is -2.17. The first kappa shape index (κ1) is 22.2. The van der Waals surface area contributed by atoms with Gasteiger partial charge in [-0.25, -0.2) is 9.78 Å². The van der Waals surface area contributed by atoms with Crippen LogP contribution in [0.25, 0.3) is 10.9 Å². The number of nitrogens with zero attached hydrogens (tertiary/aromatic N) is 2. The van der Waals surface area contributed by atoms with Gasteiger partial charge in [-0.15, -0.1) is 0 Å². The first-order chi connectivity index (χ1) is 14.8. The SMILES string of the molecule is COCCn1cnc2ccc(NC(=O)Nc3cccc(C(C)=O)c3)c(C(C)C)c2c1=O. The van der Waals surface area contributed by atoms with Crippen LogP contribution in [0.2, 0.25) is 0 Å². The number of hydrogen-bond acceptors (Lipinski definition) is 5. The van der Waals surface area contributed by atoms with Crippen molar-refractivity contribution in [1.82, 2.24) is 9.55 Å². The van der Waals surface area contributed by atoms with Crippen LogP contribution in [0.4, 0.5) is 16.2 Å². The average Bonchev–Trinajstić information content (AvgIpc) is 2.73. The summed E-state index contributed by atoms with van der Waals surface area (Å²) in [7, 11) is 1.58. The second-order valence-corrected chi connectivity index (χ2v) is 7.53. The van der Waals surface area contributed by atoms with Gasteiger partial charge in [0.1, 0.15) is 0 Å². The predicted molar refractivity (Wildman–Crippen MR) is 121 cm³/mol. The van der Waals surface area contributed by atoms with Crippen LogP contribution in [-0.4, -0.2) is 35.1 Å². The molecule has 0 aliphatic carbocycles. The highest BCUT2D eigenvalue weighted by Gasteiger charge is 2.18. The Hall–Kier alpha value is -3.52. The Bertz CT molecular complexity index is 1180. The van der Waals surface area contributed by atoms with E-state index in [0.29, 0.717) is 41.0 Å². The molecule has 0 atom stereocenters. The molecule has 8 nitrogen and oxygen atoms in total. The molecule has 2 amide bonds. The van der Waals surface area contributed by atoms with Gasteiger partial charge in [0.2, 0.25) is 0 Å². The zero-order valence-corrected chi connectivity index (χ0v) is 18.1. The number of fused-ring (bicyclic) bond motifs is 1. The third-order valence-corrected chi connectivity index (χ3v) is 4.92. The van der Waals surface area contributed by atoms with Gasteiger partial charge in [0, 0.05) is 24.0 Å². The molecule has 31 heavy (non-hydrogen) atoms. The molecular weight excluding hydrogens is 396 g/mol. The van der Waals surface area contributed by atoms with E-state index in [1.54, 1.807) is 43.5 Å². The van der Waals surface area contributed by atoms with E-state index in [1.807, 2.05) is 13.8 Å². The van der Waals surface area contributed by atoms with Crippen molar-refractivity contribution in [3.63, 3.8) is 0 Å². The second kappa shape index (κ2) is 9.53. The van der Waals surface area contributed by atoms with Crippen molar-refractivity contribution in [1.29, 1.82) is 0 Å². The minimum absolute atomic E-state index is 0.0344. The van der Waals surface area contributed by atoms with Crippen LogP contribution in [0, 0.1) is 0 Å². The molecule has 8 heteroatoms. The van der Waals surface area contributed by atoms with Crippen molar-refractivity contribution in [2.24, 2.45) is 0 Å². The van der Waals surface area contributed by atoms with Gasteiger partial charge in [0.15, 0.2) is 5.78 Å². The molecule has 2 N–H and O–H groups in total. The van der Waals surface area contributed by atoms with E-state index in [4.69, 9.17) is 4.74 Å². The van der Waals surface area contributed by atoms with Crippen LogP contribution in [0.1, 0.15) is 42.6 Å². The number of Topliss-reactive ketones (excluding diaryl/α,β-unsaturated/α-hetero) is 1. The van der Waals surface area contributed by atoms with Crippen molar-refractivity contribution in [3.8, 4) is 0 Å². The van der Waals surface area contributed by atoms with Crippen LogP contribution in [0.3, 0.4) is 0 Å². The summed E-state index contributed by atoms with van der Waals surface area (Å²) < 4.78 is 6.58. The molecule has 2 aromatic carbocycles. The predicted octanol–water partition coefficient (Wildman–Crippen LogP) is 4.01. The van der Waals surface area contributed by atoms with Crippen molar-refractivity contribution < 1.29 is 14.3 Å². The molecule has 0 aliphatic rings. The van der Waals surface area contributed by atoms with Crippen LogP contribution < -0.4 is 16.2 Å². The summed E-state index contributed by atoms with van der Waals surface area (Å²) in [5.74, 6) is -0.120. The molecule has 0 saturated heterocycles. The maximum atomic E-state index is 13.1. The Balaban J connectivity index is 1.96. The third kappa shape index (κ3) is 4.97. The lowest BCUT2D eigenvalue weighted by Crippen LogP contribution is -2.25. The van der Waals surface area contributed by atoms with Gasteiger partial charge >= 0.3 is 6.03 Å². The number of hydrogen-bond donors (Lipinski definition) is 2. The number of ether oxygens (including phenoxy) is 1. The summed E-state index contributed by atoms with van der Waals surface area (Å²) in [5.41, 5.74) is 2.65. The first-order valence-corrected chi connectivity index (χ1v) is 10.0. The number of rotatable bonds is 7. The molecular formula is C23H26N4O4. The van der Waals surface area contributed by atoms with Crippen molar-refractivity contribution in [3.05, 3.63) is 64.2 Å². The van der Waals surface area contributed by atoms with Crippen LogP contribution in [0.5, 0.6) is 0 Å².